The second-order valence-corrected chi connectivity index (χ2v) is 5.82. The molecule has 116 valence electrons. The molecule has 0 aliphatic carbocycles. The third kappa shape index (κ3) is 2.68. The standard InChI is InChI=1S/C16H18ClN3O2/c1-10-3-8-13-14(17)19-15(16(21)20(10)13)18-9-11-4-6-12(22-2)7-5-11/h4-7,10H,3,8-9H2,1-2H3,(H,18,19). The van der Waals surface area contributed by atoms with Gasteiger partial charge in [0.2, 0.25) is 0 Å². The summed E-state index contributed by atoms with van der Waals surface area (Å²) in [5, 5.41) is 3.51. The van der Waals surface area contributed by atoms with Gasteiger partial charge in [-0.05, 0) is 37.5 Å². The smallest absolute Gasteiger partial charge is 0.293 e. The lowest BCUT2D eigenvalue weighted by Gasteiger charge is -2.13. The zero-order valence-electron chi connectivity index (χ0n) is 12.6. The van der Waals surface area contributed by atoms with Gasteiger partial charge in [0.05, 0.1) is 12.8 Å². The minimum Gasteiger partial charge on any atom is -0.497 e. The Morgan fingerprint density at radius 1 is 1.41 bits per heavy atom. The van der Waals surface area contributed by atoms with Crippen LogP contribution < -0.4 is 15.6 Å². The number of aromatic nitrogens is 2. The molecule has 22 heavy (non-hydrogen) atoms. The maximum absolute atomic E-state index is 12.5. The molecule has 1 aliphatic heterocycles. The van der Waals surface area contributed by atoms with Gasteiger partial charge in [0.15, 0.2) is 11.0 Å². The molecule has 3 rings (SSSR count). The van der Waals surface area contributed by atoms with Gasteiger partial charge >= 0.3 is 0 Å². The molecule has 1 aromatic heterocycles. The van der Waals surface area contributed by atoms with E-state index in [0.717, 1.165) is 29.8 Å². The number of halogens is 1. The molecule has 0 bridgehead atoms. The Labute approximate surface area is 133 Å². The van der Waals surface area contributed by atoms with Crippen molar-refractivity contribution >= 4 is 17.4 Å². The molecule has 1 atom stereocenters. The van der Waals surface area contributed by atoms with Crippen molar-refractivity contribution in [3.63, 3.8) is 0 Å². The van der Waals surface area contributed by atoms with Crippen LogP contribution >= 0.6 is 11.6 Å². The first-order valence-corrected chi connectivity index (χ1v) is 7.65. The molecule has 1 unspecified atom stereocenters. The van der Waals surface area contributed by atoms with Crippen LogP contribution in [-0.4, -0.2) is 16.7 Å². The monoisotopic (exact) mass is 319 g/mol. The number of hydrogen-bond donors (Lipinski definition) is 1. The van der Waals surface area contributed by atoms with Gasteiger partial charge < -0.3 is 14.6 Å². The highest BCUT2D eigenvalue weighted by molar-refractivity contribution is 6.30. The van der Waals surface area contributed by atoms with E-state index in [1.54, 1.807) is 11.7 Å². The summed E-state index contributed by atoms with van der Waals surface area (Å²) < 4.78 is 6.88. The average molecular weight is 320 g/mol. The van der Waals surface area contributed by atoms with Crippen LogP contribution in [0.3, 0.4) is 0 Å². The lowest BCUT2D eigenvalue weighted by molar-refractivity contribution is 0.414. The number of nitrogens with one attached hydrogen (secondary N) is 1. The molecule has 0 fully saturated rings. The van der Waals surface area contributed by atoms with Crippen LogP contribution in [0.2, 0.25) is 5.15 Å². The van der Waals surface area contributed by atoms with Crippen molar-refractivity contribution in [3.8, 4) is 5.75 Å². The fourth-order valence-electron chi connectivity index (χ4n) is 2.76. The predicted octanol–water partition coefficient (Wildman–Crippen LogP) is 3.02. The third-order valence-electron chi connectivity index (χ3n) is 4.02. The SMILES string of the molecule is COc1ccc(CNc2nc(Cl)c3n(c2=O)C(C)CC3)cc1. The highest BCUT2D eigenvalue weighted by atomic mass is 35.5. The molecule has 1 aromatic carbocycles. The van der Waals surface area contributed by atoms with Crippen molar-refractivity contribution in [1.29, 1.82) is 0 Å². The Balaban J connectivity index is 1.82. The van der Waals surface area contributed by atoms with Gasteiger partial charge in [-0.3, -0.25) is 4.79 Å². The van der Waals surface area contributed by atoms with Gasteiger partial charge in [-0.25, -0.2) is 4.98 Å². The highest BCUT2D eigenvalue weighted by Crippen LogP contribution is 2.28. The van der Waals surface area contributed by atoms with E-state index in [1.807, 2.05) is 31.2 Å². The van der Waals surface area contributed by atoms with Crippen LogP contribution in [0.1, 0.15) is 30.6 Å². The Kier molecular flexibility index (Phi) is 4.07. The maximum atomic E-state index is 12.5. The van der Waals surface area contributed by atoms with Crippen LogP contribution in [0, 0.1) is 0 Å². The Hall–Kier alpha value is -2.01. The van der Waals surface area contributed by atoms with Crippen molar-refractivity contribution < 1.29 is 4.74 Å². The van der Waals surface area contributed by atoms with Gasteiger partial charge in [-0.15, -0.1) is 0 Å². The molecular formula is C16H18ClN3O2. The molecule has 0 saturated carbocycles. The van der Waals surface area contributed by atoms with Crippen LogP contribution in [0.15, 0.2) is 29.1 Å². The summed E-state index contributed by atoms with van der Waals surface area (Å²) in [6.45, 7) is 2.54. The average Bonchev–Trinajstić information content (AvgIpc) is 2.92. The minimum absolute atomic E-state index is 0.0992. The highest BCUT2D eigenvalue weighted by Gasteiger charge is 2.24. The second kappa shape index (κ2) is 6.01. The minimum atomic E-state index is -0.0992. The number of fused-ring (bicyclic) bond motifs is 1. The number of anilines is 1. The van der Waals surface area contributed by atoms with Crippen LogP contribution in [-0.2, 0) is 13.0 Å². The predicted molar refractivity (Wildman–Crippen MR) is 86.9 cm³/mol. The Morgan fingerprint density at radius 2 is 2.14 bits per heavy atom. The lowest BCUT2D eigenvalue weighted by atomic mass is 10.2. The topological polar surface area (TPSA) is 56.1 Å². The maximum Gasteiger partial charge on any atom is 0.293 e. The first-order valence-electron chi connectivity index (χ1n) is 7.28. The molecule has 0 radical (unpaired) electrons. The van der Waals surface area contributed by atoms with E-state index >= 15 is 0 Å². The lowest BCUT2D eigenvalue weighted by Crippen LogP contribution is -2.26. The Bertz CT molecular complexity index is 740. The Morgan fingerprint density at radius 3 is 2.82 bits per heavy atom. The summed E-state index contributed by atoms with van der Waals surface area (Å²) in [5.41, 5.74) is 1.78. The molecular weight excluding hydrogens is 302 g/mol. The second-order valence-electron chi connectivity index (χ2n) is 5.46. The van der Waals surface area contributed by atoms with Crippen LogP contribution in [0.4, 0.5) is 5.82 Å². The molecule has 2 aromatic rings. The van der Waals surface area contributed by atoms with E-state index in [1.165, 1.54) is 0 Å². The molecule has 2 heterocycles. The van der Waals surface area contributed by atoms with E-state index in [0.29, 0.717) is 17.5 Å². The van der Waals surface area contributed by atoms with E-state index in [2.05, 4.69) is 10.3 Å². The van der Waals surface area contributed by atoms with Crippen molar-refractivity contribution in [2.75, 3.05) is 12.4 Å². The van der Waals surface area contributed by atoms with Gasteiger partial charge in [-0.1, -0.05) is 23.7 Å². The summed E-state index contributed by atoms with van der Waals surface area (Å²) in [7, 11) is 1.63. The number of methoxy groups -OCH3 is 1. The molecule has 5 nitrogen and oxygen atoms in total. The summed E-state index contributed by atoms with van der Waals surface area (Å²) in [6, 6.07) is 7.83. The molecule has 0 saturated heterocycles. The summed E-state index contributed by atoms with van der Waals surface area (Å²) in [4.78, 5) is 16.7. The van der Waals surface area contributed by atoms with E-state index in [-0.39, 0.29) is 11.6 Å². The van der Waals surface area contributed by atoms with E-state index in [9.17, 15) is 4.79 Å². The number of rotatable bonds is 4. The molecule has 0 spiro atoms. The number of nitrogens with zero attached hydrogens (tertiary/aromatic N) is 2. The van der Waals surface area contributed by atoms with Gasteiger partial charge in [0, 0.05) is 12.6 Å². The molecule has 6 heteroatoms. The van der Waals surface area contributed by atoms with Crippen LogP contribution in [0.5, 0.6) is 5.75 Å². The number of hydrogen-bond acceptors (Lipinski definition) is 4. The first-order chi connectivity index (χ1) is 10.6. The van der Waals surface area contributed by atoms with Gasteiger partial charge in [0.25, 0.3) is 5.56 Å². The fourth-order valence-corrected chi connectivity index (χ4v) is 3.03. The summed E-state index contributed by atoms with van der Waals surface area (Å²) >= 11 is 6.21. The third-order valence-corrected chi connectivity index (χ3v) is 4.32. The first kappa shape index (κ1) is 14.9. The quantitative estimate of drug-likeness (QED) is 0.941. The normalized spacial score (nSPS) is 16.4. The zero-order chi connectivity index (χ0) is 15.7. The van der Waals surface area contributed by atoms with E-state index < -0.39 is 0 Å². The van der Waals surface area contributed by atoms with Crippen molar-refractivity contribution in [2.45, 2.75) is 32.4 Å². The van der Waals surface area contributed by atoms with Crippen molar-refractivity contribution in [1.82, 2.24) is 9.55 Å². The number of ether oxygens (including phenoxy) is 1. The molecule has 0 amide bonds. The summed E-state index contributed by atoms with van der Waals surface area (Å²) in [6.07, 6.45) is 1.74. The number of benzene rings is 1. The van der Waals surface area contributed by atoms with Gasteiger partial charge in [0.1, 0.15) is 5.75 Å². The molecule has 1 aliphatic rings. The van der Waals surface area contributed by atoms with Crippen LogP contribution in [0.25, 0.3) is 0 Å². The molecule has 1 N–H and O–H groups in total. The van der Waals surface area contributed by atoms with Crippen molar-refractivity contribution in [3.05, 3.63) is 51.0 Å². The van der Waals surface area contributed by atoms with Gasteiger partial charge in [-0.2, -0.15) is 0 Å². The van der Waals surface area contributed by atoms with Crippen molar-refractivity contribution in [2.24, 2.45) is 0 Å². The fraction of sp³-hybridized carbons (Fsp3) is 0.375. The van der Waals surface area contributed by atoms with E-state index in [4.69, 9.17) is 16.3 Å². The summed E-state index contributed by atoms with van der Waals surface area (Å²) in [5.74, 6) is 1.11. The zero-order valence-corrected chi connectivity index (χ0v) is 13.4. The largest absolute Gasteiger partial charge is 0.497 e.